The molecule has 1 saturated carbocycles. The Kier molecular flexibility index (Phi) is 5.47. The summed E-state index contributed by atoms with van der Waals surface area (Å²) in [6, 6.07) is 9.77. The van der Waals surface area contributed by atoms with Crippen molar-refractivity contribution >= 4 is 10.9 Å². The van der Waals surface area contributed by atoms with E-state index in [2.05, 4.69) is 10.1 Å². The van der Waals surface area contributed by atoms with Gasteiger partial charge in [0.15, 0.2) is 5.75 Å². The molecule has 0 bridgehead atoms. The lowest BCUT2D eigenvalue weighted by atomic mass is 9.96. The quantitative estimate of drug-likeness (QED) is 0.343. The molecule has 0 amide bonds. The van der Waals surface area contributed by atoms with Crippen LogP contribution in [0.1, 0.15) is 43.3 Å². The molecule has 35 heavy (non-hydrogen) atoms. The number of ether oxygens (including phenoxy) is 2. The number of fused-ring (bicyclic) bond motifs is 1. The van der Waals surface area contributed by atoms with Crippen molar-refractivity contribution in [2.24, 2.45) is 0 Å². The van der Waals surface area contributed by atoms with Crippen molar-refractivity contribution in [3.63, 3.8) is 0 Å². The van der Waals surface area contributed by atoms with Crippen LogP contribution < -0.4 is 4.74 Å². The van der Waals surface area contributed by atoms with E-state index in [0.29, 0.717) is 28.9 Å². The Morgan fingerprint density at radius 2 is 1.80 bits per heavy atom. The zero-order valence-corrected chi connectivity index (χ0v) is 18.9. The van der Waals surface area contributed by atoms with E-state index in [0.717, 1.165) is 66.0 Å². The average molecular weight is 483 g/mol. The van der Waals surface area contributed by atoms with Crippen molar-refractivity contribution in [1.29, 1.82) is 0 Å². The van der Waals surface area contributed by atoms with Crippen LogP contribution in [0.15, 0.2) is 48.9 Å². The Morgan fingerprint density at radius 1 is 1.00 bits per heavy atom. The van der Waals surface area contributed by atoms with Gasteiger partial charge in [-0.3, -0.25) is 9.36 Å². The van der Waals surface area contributed by atoms with E-state index in [-0.39, 0.29) is 0 Å². The van der Waals surface area contributed by atoms with E-state index in [1.54, 1.807) is 0 Å². The number of hydrogen-bond acceptors (Lipinski definition) is 5. The molecule has 0 atom stereocenters. The van der Waals surface area contributed by atoms with Crippen LogP contribution in [0.4, 0.5) is 13.2 Å². The van der Waals surface area contributed by atoms with Gasteiger partial charge in [0.2, 0.25) is 5.88 Å². The number of alkyl halides is 3. The lowest BCUT2D eigenvalue weighted by Gasteiger charge is -2.21. The number of pyridine rings is 1. The molecule has 4 heterocycles. The first-order chi connectivity index (χ1) is 16.9. The minimum atomic E-state index is -4.32. The Balaban J connectivity index is 1.28. The van der Waals surface area contributed by atoms with Crippen molar-refractivity contribution < 1.29 is 22.6 Å². The van der Waals surface area contributed by atoms with Gasteiger partial charge in [-0.25, -0.2) is 4.98 Å². The molecular weight excluding hydrogens is 459 g/mol. The van der Waals surface area contributed by atoms with Crippen molar-refractivity contribution in [1.82, 2.24) is 24.5 Å². The van der Waals surface area contributed by atoms with E-state index in [9.17, 15) is 13.2 Å². The van der Waals surface area contributed by atoms with E-state index in [1.165, 1.54) is 12.4 Å². The Bertz CT molecular complexity index is 1350. The van der Waals surface area contributed by atoms with E-state index in [4.69, 9.17) is 14.6 Å². The average Bonchev–Trinajstić information content (AvgIpc) is 3.45. The van der Waals surface area contributed by atoms with Gasteiger partial charge in [-0.1, -0.05) is 12.1 Å². The van der Waals surface area contributed by atoms with Crippen LogP contribution in [0.5, 0.6) is 11.6 Å². The molecule has 6 rings (SSSR count). The molecule has 182 valence electrons. The van der Waals surface area contributed by atoms with Gasteiger partial charge < -0.3 is 9.47 Å². The molecular formula is C25H24F3N5O2. The summed E-state index contributed by atoms with van der Waals surface area (Å²) < 4.78 is 52.7. The highest BCUT2D eigenvalue weighted by Crippen LogP contribution is 2.40. The van der Waals surface area contributed by atoms with Crippen molar-refractivity contribution in [2.45, 2.75) is 50.4 Å². The molecule has 0 unspecified atom stereocenters. The highest BCUT2D eigenvalue weighted by Gasteiger charge is 2.30. The second-order valence-electron chi connectivity index (χ2n) is 9.18. The predicted octanol–water partition coefficient (Wildman–Crippen LogP) is 5.88. The van der Waals surface area contributed by atoms with Crippen LogP contribution in [0.2, 0.25) is 0 Å². The third kappa shape index (κ3) is 4.88. The van der Waals surface area contributed by atoms with Crippen LogP contribution in [-0.2, 0) is 11.3 Å². The molecule has 4 aromatic rings. The number of halogens is 3. The first-order valence-electron chi connectivity index (χ1n) is 11.8. The zero-order valence-electron chi connectivity index (χ0n) is 18.9. The smallest absolute Gasteiger partial charge is 0.408 e. The van der Waals surface area contributed by atoms with Gasteiger partial charge in [-0.15, -0.1) is 0 Å². The molecule has 1 aliphatic carbocycles. The molecule has 1 aromatic carbocycles. The topological polar surface area (TPSA) is 67.0 Å². The normalized spacial score (nSPS) is 17.2. The number of rotatable bonds is 6. The van der Waals surface area contributed by atoms with Crippen LogP contribution in [0, 0.1) is 0 Å². The number of aromatic nitrogens is 5. The molecule has 0 N–H and O–H groups in total. The molecule has 10 heteroatoms. The van der Waals surface area contributed by atoms with Crippen molar-refractivity contribution in [3.05, 3.63) is 54.6 Å². The molecule has 2 aliphatic rings. The minimum Gasteiger partial charge on any atom is -0.435 e. The number of benzene rings is 1. The highest BCUT2D eigenvalue weighted by molar-refractivity contribution is 5.84. The summed E-state index contributed by atoms with van der Waals surface area (Å²) in [5, 5.41) is 9.60. The van der Waals surface area contributed by atoms with Crippen LogP contribution in [0.25, 0.3) is 22.0 Å². The molecule has 0 radical (unpaired) electrons. The second kappa shape index (κ2) is 8.67. The molecule has 3 aromatic heterocycles. The summed E-state index contributed by atoms with van der Waals surface area (Å²) >= 11 is 0. The minimum absolute atomic E-state index is 0.291. The molecule has 1 aliphatic heterocycles. The monoisotopic (exact) mass is 483 g/mol. The SMILES string of the molecule is FC(F)(F)Cn1cc(-c2ccc3ccc(Oc4cn(C5CC5)nc4C4CCOCC4)nc3c2)cn1. The fourth-order valence-corrected chi connectivity index (χ4v) is 4.48. The standard InChI is InChI=1S/C25H24F3N5O2/c26-25(27,28)15-32-13-19(12-29-32)18-2-1-16-3-6-23(30-21(16)11-18)35-22-14-33(20-4-5-20)31-24(22)17-7-9-34-10-8-17/h1-3,6,11-14,17,20H,4-5,7-10,15H2. The number of hydrogen-bond donors (Lipinski definition) is 0. The fraction of sp³-hybridized carbons (Fsp3) is 0.400. The lowest BCUT2D eigenvalue weighted by Crippen LogP contribution is -2.17. The molecule has 1 saturated heterocycles. The van der Waals surface area contributed by atoms with Crippen LogP contribution in [0.3, 0.4) is 0 Å². The maximum atomic E-state index is 12.7. The third-order valence-corrected chi connectivity index (χ3v) is 6.44. The Morgan fingerprint density at radius 3 is 2.57 bits per heavy atom. The second-order valence-corrected chi connectivity index (χ2v) is 9.18. The maximum Gasteiger partial charge on any atom is 0.408 e. The number of nitrogens with zero attached hydrogens (tertiary/aromatic N) is 5. The molecule has 0 spiro atoms. The third-order valence-electron chi connectivity index (χ3n) is 6.44. The van der Waals surface area contributed by atoms with Gasteiger partial charge in [0.25, 0.3) is 0 Å². The van der Waals surface area contributed by atoms with Gasteiger partial charge in [-0.2, -0.15) is 23.4 Å². The highest BCUT2D eigenvalue weighted by atomic mass is 19.4. The van der Waals surface area contributed by atoms with Gasteiger partial charge >= 0.3 is 6.18 Å². The lowest BCUT2D eigenvalue weighted by molar-refractivity contribution is -0.142. The van der Waals surface area contributed by atoms with E-state index >= 15 is 0 Å². The van der Waals surface area contributed by atoms with Crippen molar-refractivity contribution in [3.8, 4) is 22.8 Å². The summed E-state index contributed by atoms with van der Waals surface area (Å²) in [4.78, 5) is 4.69. The van der Waals surface area contributed by atoms with Gasteiger partial charge in [0.05, 0.1) is 24.0 Å². The molecule has 2 fully saturated rings. The first kappa shape index (κ1) is 22.1. The van der Waals surface area contributed by atoms with E-state index in [1.807, 2.05) is 41.2 Å². The summed E-state index contributed by atoms with van der Waals surface area (Å²) in [6.07, 6.45) is 4.55. The summed E-state index contributed by atoms with van der Waals surface area (Å²) in [5.41, 5.74) is 2.97. The van der Waals surface area contributed by atoms with Gasteiger partial charge in [0.1, 0.15) is 12.2 Å². The first-order valence-corrected chi connectivity index (χ1v) is 11.8. The Labute approximate surface area is 199 Å². The predicted molar refractivity (Wildman–Crippen MR) is 122 cm³/mol. The Hall–Kier alpha value is -3.40. The van der Waals surface area contributed by atoms with Gasteiger partial charge in [-0.05, 0) is 43.4 Å². The zero-order chi connectivity index (χ0) is 24.0. The van der Waals surface area contributed by atoms with Crippen LogP contribution >= 0.6 is 0 Å². The van der Waals surface area contributed by atoms with Crippen LogP contribution in [-0.4, -0.2) is 43.9 Å². The summed E-state index contributed by atoms with van der Waals surface area (Å²) in [6.45, 7) is 0.314. The fourth-order valence-electron chi connectivity index (χ4n) is 4.48. The summed E-state index contributed by atoms with van der Waals surface area (Å²) in [5.74, 6) is 1.46. The maximum absolute atomic E-state index is 12.7. The van der Waals surface area contributed by atoms with Gasteiger partial charge in [0, 0.05) is 42.3 Å². The summed E-state index contributed by atoms with van der Waals surface area (Å²) in [7, 11) is 0. The largest absolute Gasteiger partial charge is 0.435 e. The van der Waals surface area contributed by atoms with E-state index < -0.39 is 12.7 Å². The molecule has 7 nitrogen and oxygen atoms in total. The van der Waals surface area contributed by atoms with Crippen molar-refractivity contribution in [2.75, 3.05) is 13.2 Å².